The molecule has 2 amide bonds. The van der Waals surface area contributed by atoms with E-state index in [-0.39, 0.29) is 11.6 Å². The second-order valence-corrected chi connectivity index (χ2v) is 6.26. The molecule has 0 fully saturated rings. The van der Waals surface area contributed by atoms with Crippen LogP contribution in [0.2, 0.25) is 0 Å². The van der Waals surface area contributed by atoms with Gasteiger partial charge in [0.25, 0.3) is 0 Å². The molecule has 0 spiro atoms. The molecule has 2 aromatic heterocycles. The predicted molar refractivity (Wildman–Crippen MR) is 84.9 cm³/mol. The fourth-order valence-corrected chi connectivity index (χ4v) is 2.96. The zero-order valence-electron chi connectivity index (χ0n) is 13.9. The summed E-state index contributed by atoms with van der Waals surface area (Å²) in [4.78, 5) is 20.8. The fourth-order valence-electron chi connectivity index (χ4n) is 2.96. The first-order valence-electron chi connectivity index (χ1n) is 7.99. The molecule has 1 N–H and O–H groups in total. The minimum absolute atomic E-state index is 0.0178. The molecule has 0 bridgehead atoms. The number of carbonyl (C=O) groups excluding carboxylic acids is 1. The van der Waals surface area contributed by atoms with Crippen LogP contribution in [-0.2, 0) is 19.1 Å². The van der Waals surface area contributed by atoms with Crippen molar-refractivity contribution < 1.29 is 22.4 Å². The van der Waals surface area contributed by atoms with Crippen LogP contribution in [0.1, 0.15) is 17.9 Å². The fraction of sp³-hybridized carbons (Fsp3) is 0.438. The number of urea groups is 1. The molecule has 0 unspecified atom stereocenters. The average molecular weight is 371 g/mol. The van der Waals surface area contributed by atoms with Crippen molar-refractivity contribution in [3.8, 4) is 0 Å². The quantitative estimate of drug-likeness (QED) is 0.843. The van der Waals surface area contributed by atoms with Gasteiger partial charge in [-0.15, -0.1) is 0 Å². The van der Waals surface area contributed by atoms with Crippen molar-refractivity contribution in [3.63, 3.8) is 0 Å². The van der Waals surface area contributed by atoms with Gasteiger partial charge in [0.2, 0.25) is 0 Å². The zero-order chi connectivity index (χ0) is 18.9. The summed E-state index contributed by atoms with van der Waals surface area (Å²) in [6, 6.07) is 0.848. The summed E-state index contributed by atoms with van der Waals surface area (Å²) in [7, 11) is 1.55. The van der Waals surface area contributed by atoms with Crippen LogP contribution in [-0.4, -0.2) is 39.1 Å². The smallest absolute Gasteiger partial charge is 0.334 e. The van der Waals surface area contributed by atoms with Crippen LogP contribution in [0.4, 0.5) is 28.0 Å². The van der Waals surface area contributed by atoms with E-state index in [1.165, 1.54) is 21.7 Å². The highest BCUT2D eigenvalue weighted by atomic mass is 19.4. The molecule has 1 atom stereocenters. The lowest BCUT2D eigenvalue weighted by atomic mass is 9.99. The molecule has 0 aromatic carbocycles. The number of pyridine rings is 1. The first kappa shape index (κ1) is 18.2. The van der Waals surface area contributed by atoms with Crippen LogP contribution in [0.25, 0.3) is 0 Å². The van der Waals surface area contributed by atoms with Crippen molar-refractivity contribution in [2.45, 2.75) is 25.6 Å². The third kappa shape index (κ3) is 3.94. The van der Waals surface area contributed by atoms with Crippen molar-refractivity contribution in [1.82, 2.24) is 19.4 Å². The first-order chi connectivity index (χ1) is 12.2. The minimum Gasteiger partial charge on any atom is -0.334 e. The Morgan fingerprint density at radius 1 is 1.46 bits per heavy atom. The summed E-state index contributed by atoms with van der Waals surface area (Å²) in [6.07, 6.45) is -0.0715. The molecule has 2 aromatic rings. The first-order valence-corrected chi connectivity index (χ1v) is 7.99. The number of hydrogen-bond donors (Lipinski definition) is 1. The van der Waals surface area contributed by atoms with Crippen molar-refractivity contribution in [1.29, 1.82) is 0 Å². The maximum absolute atomic E-state index is 13.5. The van der Waals surface area contributed by atoms with Gasteiger partial charge in [0.05, 0.1) is 11.9 Å². The third-order valence-electron chi connectivity index (χ3n) is 4.27. The van der Waals surface area contributed by atoms with Gasteiger partial charge >= 0.3 is 12.2 Å². The van der Waals surface area contributed by atoms with Gasteiger partial charge in [-0.25, -0.2) is 14.2 Å². The van der Waals surface area contributed by atoms with Crippen LogP contribution in [0, 0.1) is 11.7 Å². The lowest BCUT2D eigenvalue weighted by Gasteiger charge is -2.28. The van der Waals surface area contributed by atoms with Gasteiger partial charge < -0.3 is 14.8 Å². The van der Waals surface area contributed by atoms with E-state index < -0.39 is 23.7 Å². The second kappa shape index (κ2) is 6.93. The number of imidazole rings is 1. The number of aryl methyl sites for hydroxylation is 1. The molecular formula is C16H17F4N5O. The van der Waals surface area contributed by atoms with Gasteiger partial charge in [0.1, 0.15) is 5.82 Å². The van der Waals surface area contributed by atoms with Crippen LogP contribution in [0.3, 0.4) is 0 Å². The highest BCUT2D eigenvalue weighted by Gasteiger charge is 2.36. The monoisotopic (exact) mass is 371 g/mol. The number of aromatic nitrogens is 3. The number of carbonyl (C=O) groups is 1. The topological polar surface area (TPSA) is 63.1 Å². The summed E-state index contributed by atoms with van der Waals surface area (Å²) in [5.41, 5.74) is -0.875. The van der Waals surface area contributed by atoms with Gasteiger partial charge in [0, 0.05) is 39.0 Å². The number of hydrogen-bond acceptors (Lipinski definition) is 3. The molecule has 1 aliphatic rings. The maximum Gasteiger partial charge on any atom is 0.434 e. The Balaban J connectivity index is 1.60. The molecule has 3 heterocycles. The number of nitrogens with one attached hydrogen (secondary N) is 1. The molecular weight excluding hydrogens is 354 g/mol. The summed E-state index contributed by atoms with van der Waals surface area (Å²) in [6.45, 7) is 0.678. The number of nitrogens with zero attached hydrogens (tertiary/aromatic N) is 4. The molecule has 26 heavy (non-hydrogen) atoms. The number of halogens is 4. The molecule has 0 saturated carbocycles. The van der Waals surface area contributed by atoms with Crippen LogP contribution in [0.15, 0.2) is 24.7 Å². The minimum atomic E-state index is -4.47. The molecule has 0 aliphatic carbocycles. The van der Waals surface area contributed by atoms with Gasteiger partial charge in [-0.05, 0) is 18.4 Å². The number of anilines is 1. The maximum atomic E-state index is 13.5. The van der Waals surface area contributed by atoms with Crippen LogP contribution < -0.4 is 5.32 Å². The largest absolute Gasteiger partial charge is 0.434 e. The highest BCUT2D eigenvalue weighted by Crippen LogP contribution is 2.30. The summed E-state index contributed by atoms with van der Waals surface area (Å²) in [5.74, 6) is -0.259. The van der Waals surface area contributed by atoms with E-state index in [9.17, 15) is 22.4 Å². The van der Waals surface area contributed by atoms with Crippen LogP contribution >= 0.6 is 0 Å². The molecule has 10 heteroatoms. The number of amides is 2. The summed E-state index contributed by atoms with van der Waals surface area (Å²) >= 11 is 0. The lowest BCUT2D eigenvalue weighted by molar-refractivity contribution is -0.141. The predicted octanol–water partition coefficient (Wildman–Crippen LogP) is 3.16. The number of alkyl halides is 3. The Kier molecular flexibility index (Phi) is 4.84. The molecule has 140 valence electrons. The zero-order valence-corrected chi connectivity index (χ0v) is 13.9. The van der Waals surface area contributed by atoms with Crippen molar-refractivity contribution in [3.05, 3.63) is 42.0 Å². The van der Waals surface area contributed by atoms with Gasteiger partial charge in [0.15, 0.2) is 11.5 Å². The Hall–Kier alpha value is -2.65. The Morgan fingerprint density at radius 2 is 2.23 bits per heavy atom. The van der Waals surface area contributed by atoms with Gasteiger partial charge in [-0.1, -0.05) is 0 Å². The average Bonchev–Trinajstić information content (AvgIpc) is 3.00. The summed E-state index contributed by atoms with van der Waals surface area (Å²) in [5, 5.41) is 2.45. The van der Waals surface area contributed by atoms with E-state index in [0.29, 0.717) is 31.8 Å². The van der Waals surface area contributed by atoms with Crippen molar-refractivity contribution >= 4 is 11.7 Å². The third-order valence-corrected chi connectivity index (χ3v) is 4.27. The lowest BCUT2D eigenvalue weighted by Crippen LogP contribution is -2.38. The van der Waals surface area contributed by atoms with E-state index in [2.05, 4.69) is 15.3 Å². The van der Waals surface area contributed by atoms with Crippen molar-refractivity contribution in [2.75, 3.05) is 18.9 Å². The number of rotatable bonds is 3. The highest BCUT2D eigenvalue weighted by molar-refractivity contribution is 5.89. The van der Waals surface area contributed by atoms with Crippen molar-refractivity contribution in [2.24, 2.45) is 5.92 Å². The SMILES string of the molecule is CN(C[C@H]1CCc2nc(C(F)(F)F)cn2C1)C(=O)Nc1ccncc1F. The Bertz CT molecular complexity index is 804. The van der Waals surface area contributed by atoms with Gasteiger partial charge in [-0.3, -0.25) is 4.98 Å². The molecule has 6 nitrogen and oxygen atoms in total. The van der Waals surface area contributed by atoms with E-state index in [1.54, 1.807) is 7.05 Å². The molecule has 0 saturated heterocycles. The van der Waals surface area contributed by atoms with E-state index in [4.69, 9.17) is 0 Å². The van der Waals surface area contributed by atoms with Crippen LogP contribution in [0.5, 0.6) is 0 Å². The van der Waals surface area contributed by atoms with E-state index in [0.717, 1.165) is 12.4 Å². The molecule has 3 rings (SSSR count). The molecule has 1 aliphatic heterocycles. The second-order valence-electron chi connectivity index (χ2n) is 6.26. The summed E-state index contributed by atoms with van der Waals surface area (Å²) < 4.78 is 53.3. The Morgan fingerprint density at radius 3 is 2.92 bits per heavy atom. The van der Waals surface area contributed by atoms with Gasteiger partial charge in [-0.2, -0.15) is 13.2 Å². The number of fused-ring (bicyclic) bond motifs is 1. The van der Waals surface area contributed by atoms with E-state index >= 15 is 0 Å². The van der Waals surface area contributed by atoms with E-state index in [1.807, 2.05) is 0 Å². The molecule has 0 radical (unpaired) electrons. The Labute approximate surface area is 146 Å². The standard InChI is InChI=1S/C16H17F4N5O/c1-24(15(26)22-12-4-5-21-6-11(12)17)7-10-2-3-14-23-13(16(18,19)20)9-25(14)8-10/h4-6,9-10H,2-3,7-8H2,1H3,(H,21,22,26)/t10-/m1/s1. The normalized spacial score (nSPS) is 16.9.